The fourth-order valence-electron chi connectivity index (χ4n) is 2.91. The summed E-state index contributed by atoms with van der Waals surface area (Å²) in [6.07, 6.45) is 0.571. The fraction of sp³-hybridized carbons (Fsp3) is 0.211. The minimum atomic E-state index is -3.46. The number of amides is 2. The van der Waals surface area contributed by atoms with Crippen molar-refractivity contribution >= 4 is 43.6 Å². The van der Waals surface area contributed by atoms with E-state index in [-0.39, 0.29) is 17.5 Å². The molecule has 0 aromatic heterocycles. The number of sulfone groups is 1. The molecule has 0 spiro atoms. The summed E-state index contributed by atoms with van der Waals surface area (Å²) in [6, 6.07) is 9.66. The average Bonchev–Trinajstić information content (AvgIpc) is 2.87. The van der Waals surface area contributed by atoms with Crippen LogP contribution in [0.25, 0.3) is 0 Å². The highest BCUT2D eigenvalue weighted by atomic mass is 79.9. The molecule has 0 radical (unpaired) electrons. The van der Waals surface area contributed by atoms with Gasteiger partial charge in [0, 0.05) is 10.7 Å². The van der Waals surface area contributed by atoms with Gasteiger partial charge in [-0.05, 0) is 48.9 Å². The predicted octanol–water partition coefficient (Wildman–Crippen LogP) is 2.73. The first-order valence-corrected chi connectivity index (χ1v) is 11.3. The van der Waals surface area contributed by atoms with E-state index >= 15 is 0 Å². The number of hydrogen-bond acceptors (Lipinski definition) is 6. The number of carboxylic acids is 1. The highest BCUT2D eigenvalue weighted by Crippen LogP contribution is 2.31. The topological polar surface area (TPSA) is 118 Å². The Morgan fingerprint density at radius 3 is 2.24 bits per heavy atom. The largest absolute Gasteiger partial charge is 0.480 e. The normalized spacial score (nSPS) is 14.6. The highest BCUT2D eigenvalue weighted by molar-refractivity contribution is 9.10. The number of benzene rings is 2. The molecule has 0 fully saturated rings. The minimum Gasteiger partial charge on any atom is -0.480 e. The van der Waals surface area contributed by atoms with Crippen molar-refractivity contribution in [2.45, 2.75) is 12.5 Å². The van der Waals surface area contributed by atoms with Crippen LogP contribution in [0.4, 0.5) is 0 Å². The number of rotatable bonds is 7. The SMILES string of the molecule is CS(=O)(=O)CC[C@H](C(=O)O)N1C(=O)c2ccc(Oc3ccc(Br)cc3)cc2C1=O. The van der Waals surface area contributed by atoms with E-state index in [9.17, 15) is 27.9 Å². The molecule has 1 heterocycles. The first-order valence-electron chi connectivity index (χ1n) is 8.43. The highest BCUT2D eigenvalue weighted by Gasteiger charge is 2.43. The van der Waals surface area contributed by atoms with Gasteiger partial charge in [-0.1, -0.05) is 15.9 Å². The summed E-state index contributed by atoms with van der Waals surface area (Å²) in [4.78, 5) is 37.6. The minimum absolute atomic E-state index is 0.00946. The Bertz CT molecular complexity index is 1100. The summed E-state index contributed by atoms with van der Waals surface area (Å²) in [6.45, 7) is 0. The first-order chi connectivity index (χ1) is 13.6. The number of carbonyl (C=O) groups is 3. The maximum Gasteiger partial charge on any atom is 0.326 e. The number of fused-ring (bicyclic) bond motifs is 1. The number of carbonyl (C=O) groups excluding carboxylic acids is 2. The summed E-state index contributed by atoms with van der Waals surface area (Å²) in [5.74, 6) is -2.67. The van der Waals surface area contributed by atoms with Crippen molar-refractivity contribution in [3.63, 3.8) is 0 Å². The van der Waals surface area contributed by atoms with E-state index in [1.807, 2.05) is 0 Å². The van der Waals surface area contributed by atoms with Gasteiger partial charge in [-0.25, -0.2) is 13.2 Å². The zero-order valence-electron chi connectivity index (χ0n) is 15.2. The average molecular weight is 482 g/mol. The van der Waals surface area contributed by atoms with E-state index in [2.05, 4.69) is 15.9 Å². The van der Waals surface area contributed by atoms with E-state index in [0.29, 0.717) is 16.4 Å². The Morgan fingerprint density at radius 1 is 1.07 bits per heavy atom. The molecule has 1 aliphatic heterocycles. The van der Waals surface area contributed by atoms with Crippen molar-refractivity contribution in [1.82, 2.24) is 4.90 Å². The second-order valence-electron chi connectivity index (χ2n) is 6.52. The number of hydrogen-bond donors (Lipinski definition) is 1. The Kier molecular flexibility index (Phi) is 5.76. The fourth-order valence-corrected chi connectivity index (χ4v) is 3.83. The third-order valence-electron chi connectivity index (χ3n) is 4.30. The van der Waals surface area contributed by atoms with Gasteiger partial charge in [0.15, 0.2) is 0 Å². The summed E-state index contributed by atoms with van der Waals surface area (Å²) >= 11 is 3.31. The Hall–Kier alpha value is -2.72. The number of nitrogens with zero attached hydrogens (tertiary/aromatic N) is 1. The van der Waals surface area contributed by atoms with Crippen LogP contribution in [0.1, 0.15) is 27.1 Å². The van der Waals surface area contributed by atoms with E-state index in [1.165, 1.54) is 18.2 Å². The summed E-state index contributed by atoms with van der Waals surface area (Å²) < 4.78 is 29.3. The number of imide groups is 1. The molecule has 1 atom stereocenters. The maximum atomic E-state index is 12.8. The lowest BCUT2D eigenvalue weighted by atomic mass is 10.1. The second-order valence-corrected chi connectivity index (χ2v) is 9.69. The molecular formula is C19H16BrNO7S. The van der Waals surface area contributed by atoms with Gasteiger partial charge in [-0.2, -0.15) is 0 Å². The van der Waals surface area contributed by atoms with Gasteiger partial charge >= 0.3 is 5.97 Å². The predicted molar refractivity (Wildman–Crippen MR) is 107 cm³/mol. The Labute approximate surface area is 175 Å². The molecule has 0 bridgehead atoms. The molecule has 3 rings (SSSR count). The molecule has 1 aliphatic rings. The summed E-state index contributed by atoms with van der Waals surface area (Å²) in [7, 11) is -3.46. The van der Waals surface area contributed by atoms with E-state index in [4.69, 9.17) is 4.74 Å². The monoisotopic (exact) mass is 481 g/mol. The van der Waals surface area contributed by atoms with Crippen molar-refractivity contribution in [2.24, 2.45) is 0 Å². The van der Waals surface area contributed by atoms with Crippen molar-refractivity contribution in [3.8, 4) is 11.5 Å². The molecule has 2 aromatic rings. The quantitative estimate of drug-likeness (QED) is 0.603. The van der Waals surface area contributed by atoms with Gasteiger partial charge in [0.1, 0.15) is 27.4 Å². The molecule has 10 heteroatoms. The van der Waals surface area contributed by atoms with Crippen molar-refractivity contribution in [3.05, 3.63) is 58.1 Å². The first kappa shape index (κ1) is 21.0. The lowest BCUT2D eigenvalue weighted by Gasteiger charge is -2.22. The molecule has 8 nitrogen and oxygen atoms in total. The van der Waals surface area contributed by atoms with Crippen LogP contribution in [0.5, 0.6) is 11.5 Å². The smallest absolute Gasteiger partial charge is 0.326 e. The third kappa shape index (κ3) is 4.65. The van der Waals surface area contributed by atoms with Crippen LogP contribution < -0.4 is 4.74 Å². The Morgan fingerprint density at radius 2 is 1.66 bits per heavy atom. The van der Waals surface area contributed by atoms with Crippen LogP contribution in [0.2, 0.25) is 0 Å². The summed E-state index contributed by atoms with van der Waals surface area (Å²) in [5.41, 5.74) is 0.0546. The van der Waals surface area contributed by atoms with Crippen LogP contribution in [-0.4, -0.2) is 54.3 Å². The number of halogens is 1. The van der Waals surface area contributed by atoms with Crippen molar-refractivity contribution in [2.75, 3.05) is 12.0 Å². The number of ether oxygens (including phenoxy) is 1. The van der Waals surface area contributed by atoms with Gasteiger partial charge < -0.3 is 9.84 Å². The van der Waals surface area contributed by atoms with Gasteiger partial charge in [0.05, 0.1) is 16.9 Å². The van der Waals surface area contributed by atoms with Crippen LogP contribution in [0.3, 0.4) is 0 Å². The molecule has 0 saturated carbocycles. The second kappa shape index (κ2) is 7.96. The third-order valence-corrected chi connectivity index (χ3v) is 5.80. The molecule has 2 amide bonds. The lowest BCUT2D eigenvalue weighted by Crippen LogP contribution is -2.45. The van der Waals surface area contributed by atoms with Crippen molar-refractivity contribution < 1.29 is 32.6 Å². The van der Waals surface area contributed by atoms with Crippen LogP contribution >= 0.6 is 15.9 Å². The zero-order chi connectivity index (χ0) is 21.3. The number of carboxylic acid groups (broad SMARTS) is 1. The molecule has 152 valence electrons. The Balaban J connectivity index is 1.87. The van der Waals surface area contributed by atoms with Crippen LogP contribution in [0.15, 0.2) is 46.9 Å². The van der Waals surface area contributed by atoms with Gasteiger partial charge in [0.2, 0.25) is 0 Å². The molecule has 2 aromatic carbocycles. The van der Waals surface area contributed by atoms with E-state index in [1.54, 1.807) is 24.3 Å². The zero-order valence-corrected chi connectivity index (χ0v) is 17.6. The molecule has 0 saturated heterocycles. The molecular weight excluding hydrogens is 466 g/mol. The van der Waals surface area contributed by atoms with Crippen LogP contribution in [0, 0.1) is 0 Å². The van der Waals surface area contributed by atoms with Crippen LogP contribution in [-0.2, 0) is 14.6 Å². The van der Waals surface area contributed by atoms with Gasteiger partial charge in [0.25, 0.3) is 11.8 Å². The maximum absolute atomic E-state index is 12.8. The van der Waals surface area contributed by atoms with Gasteiger partial charge in [-0.3, -0.25) is 14.5 Å². The summed E-state index contributed by atoms with van der Waals surface area (Å²) in [5, 5.41) is 9.45. The molecule has 0 aliphatic carbocycles. The van der Waals surface area contributed by atoms with Crippen molar-refractivity contribution in [1.29, 1.82) is 0 Å². The molecule has 29 heavy (non-hydrogen) atoms. The standard InChI is InChI=1S/C19H16BrNO7S/c1-29(26,27)9-8-16(19(24)25)21-17(22)14-7-6-13(10-15(14)18(21)23)28-12-4-2-11(20)3-5-12/h2-7,10,16H,8-9H2,1H3,(H,24,25)/t16-/m1/s1. The molecule has 1 N–H and O–H groups in total. The van der Waals surface area contributed by atoms with E-state index in [0.717, 1.165) is 10.7 Å². The lowest BCUT2D eigenvalue weighted by molar-refractivity contribution is -0.141. The van der Waals surface area contributed by atoms with E-state index < -0.39 is 39.4 Å². The molecule has 0 unspecified atom stereocenters. The number of aliphatic carboxylic acids is 1. The van der Waals surface area contributed by atoms with Gasteiger partial charge in [-0.15, -0.1) is 0 Å².